The summed E-state index contributed by atoms with van der Waals surface area (Å²) in [6.07, 6.45) is 1.18. The first-order valence-electron chi connectivity index (χ1n) is 12.1. The third-order valence-electron chi connectivity index (χ3n) is 7.08. The Balaban J connectivity index is 1.64. The highest BCUT2D eigenvalue weighted by Gasteiger charge is 2.37. The number of aromatic nitrogens is 1. The fraction of sp³-hybridized carbons (Fsp3) is 0.321. The van der Waals surface area contributed by atoms with E-state index in [-0.39, 0.29) is 16.3 Å². The predicted molar refractivity (Wildman–Crippen MR) is 144 cm³/mol. The molecule has 1 aliphatic heterocycles. The van der Waals surface area contributed by atoms with E-state index in [1.807, 2.05) is 35.2 Å². The van der Waals surface area contributed by atoms with E-state index in [1.54, 1.807) is 13.8 Å². The normalized spacial score (nSPS) is 14.7. The first-order valence-corrected chi connectivity index (χ1v) is 13.6. The van der Waals surface area contributed by atoms with Gasteiger partial charge in [0.25, 0.3) is 10.0 Å². The topological polar surface area (TPSA) is 128 Å². The number of methoxy groups -OCH3 is 2. The number of piperidine rings is 1. The first-order chi connectivity index (χ1) is 18.2. The summed E-state index contributed by atoms with van der Waals surface area (Å²) in [6.45, 7) is 4.49. The molecule has 0 aliphatic carbocycles. The lowest BCUT2D eigenvalue weighted by Crippen LogP contribution is -2.42. The summed E-state index contributed by atoms with van der Waals surface area (Å²) in [4.78, 5) is 6.65. The summed E-state index contributed by atoms with van der Waals surface area (Å²) in [6, 6.07) is 18.8. The molecule has 2 heterocycles. The Bertz CT molecular complexity index is 1530. The molecular formula is C28H29N5O4S. The van der Waals surface area contributed by atoms with Crippen molar-refractivity contribution in [3.63, 3.8) is 0 Å². The van der Waals surface area contributed by atoms with Crippen molar-refractivity contribution in [1.29, 1.82) is 10.5 Å². The van der Waals surface area contributed by atoms with E-state index in [0.29, 0.717) is 54.3 Å². The standard InChI is InChI=1S/C28H29N5O4S/c1-19-23(17-29)27(33-14-12-28(18-30,13-15-33)21-8-6-5-7-9-21)31-20(2)26(19)32-38(34,35)22-10-11-24(36-3)25(16-22)37-4/h5-11,16,32H,12-15H2,1-4H3. The van der Waals surface area contributed by atoms with Gasteiger partial charge in [0.05, 0.1) is 47.5 Å². The number of ether oxygens (including phenoxy) is 2. The molecule has 1 aromatic heterocycles. The quantitative estimate of drug-likeness (QED) is 0.474. The minimum atomic E-state index is -4.01. The van der Waals surface area contributed by atoms with E-state index >= 15 is 0 Å². The molecule has 1 N–H and O–H groups in total. The smallest absolute Gasteiger partial charge is 0.262 e. The van der Waals surface area contributed by atoms with E-state index in [1.165, 1.54) is 32.4 Å². The third-order valence-corrected chi connectivity index (χ3v) is 8.43. The molecule has 0 radical (unpaired) electrons. The van der Waals surface area contributed by atoms with Gasteiger partial charge in [-0.2, -0.15) is 10.5 Å². The van der Waals surface area contributed by atoms with Crippen LogP contribution in [0.4, 0.5) is 11.5 Å². The molecule has 10 heteroatoms. The molecule has 0 atom stereocenters. The summed E-state index contributed by atoms with van der Waals surface area (Å²) in [7, 11) is -1.11. The Hall–Kier alpha value is -4.28. The van der Waals surface area contributed by atoms with Crippen LogP contribution in [0.25, 0.3) is 0 Å². The van der Waals surface area contributed by atoms with Crippen LogP contribution in [0, 0.1) is 36.5 Å². The molecular weight excluding hydrogens is 502 g/mol. The van der Waals surface area contributed by atoms with Gasteiger partial charge in [0.2, 0.25) is 0 Å². The summed E-state index contributed by atoms with van der Waals surface area (Å²) < 4.78 is 39.5. The highest BCUT2D eigenvalue weighted by atomic mass is 32.2. The van der Waals surface area contributed by atoms with Crippen LogP contribution in [0.5, 0.6) is 11.5 Å². The van der Waals surface area contributed by atoms with E-state index in [2.05, 4.69) is 21.8 Å². The van der Waals surface area contributed by atoms with Gasteiger partial charge < -0.3 is 14.4 Å². The Morgan fingerprint density at radius 2 is 1.66 bits per heavy atom. The molecule has 1 fully saturated rings. The summed E-state index contributed by atoms with van der Waals surface area (Å²) >= 11 is 0. The Kier molecular flexibility index (Phi) is 7.47. The molecule has 1 aliphatic rings. The third kappa shape index (κ3) is 4.83. The molecule has 4 rings (SSSR count). The largest absolute Gasteiger partial charge is 0.493 e. The minimum Gasteiger partial charge on any atom is -0.493 e. The van der Waals surface area contributed by atoms with E-state index in [4.69, 9.17) is 9.47 Å². The Morgan fingerprint density at radius 3 is 2.24 bits per heavy atom. The zero-order valence-corrected chi connectivity index (χ0v) is 22.6. The zero-order chi connectivity index (χ0) is 27.5. The number of benzene rings is 2. The maximum atomic E-state index is 13.2. The van der Waals surface area contributed by atoms with Crippen molar-refractivity contribution in [2.45, 2.75) is 37.0 Å². The van der Waals surface area contributed by atoms with Crippen LogP contribution in [0.1, 0.15) is 35.2 Å². The maximum absolute atomic E-state index is 13.2. The highest BCUT2D eigenvalue weighted by Crippen LogP contribution is 2.38. The molecule has 196 valence electrons. The number of anilines is 2. The number of pyridine rings is 1. The van der Waals surface area contributed by atoms with Gasteiger partial charge in [-0.1, -0.05) is 30.3 Å². The average molecular weight is 532 g/mol. The number of rotatable bonds is 7. The SMILES string of the molecule is COc1ccc(S(=O)(=O)Nc2c(C)nc(N3CCC(C#N)(c4ccccc4)CC3)c(C#N)c2C)cc1OC. The second-order valence-electron chi connectivity index (χ2n) is 9.18. The summed E-state index contributed by atoms with van der Waals surface area (Å²) in [5, 5.41) is 20.1. The minimum absolute atomic E-state index is 0.0127. The van der Waals surface area contributed by atoms with Gasteiger partial charge in [0.15, 0.2) is 11.5 Å². The van der Waals surface area contributed by atoms with Crippen molar-refractivity contribution >= 4 is 21.5 Å². The van der Waals surface area contributed by atoms with Gasteiger partial charge in [-0.3, -0.25) is 4.72 Å². The molecule has 38 heavy (non-hydrogen) atoms. The second kappa shape index (κ2) is 10.6. The molecule has 1 saturated heterocycles. The van der Waals surface area contributed by atoms with Crippen LogP contribution < -0.4 is 19.1 Å². The van der Waals surface area contributed by atoms with Crippen LogP contribution >= 0.6 is 0 Å². The fourth-order valence-corrected chi connectivity index (χ4v) is 6.04. The van der Waals surface area contributed by atoms with Gasteiger partial charge in [-0.05, 0) is 49.9 Å². The molecule has 0 unspecified atom stereocenters. The number of hydrogen-bond acceptors (Lipinski definition) is 8. The number of nitriles is 2. The zero-order valence-electron chi connectivity index (χ0n) is 21.8. The van der Waals surface area contributed by atoms with Crippen LogP contribution in [-0.4, -0.2) is 40.7 Å². The molecule has 3 aromatic rings. The predicted octanol–water partition coefficient (Wildman–Crippen LogP) is 4.45. The second-order valence-corrected chi connectivity index (χ2v) is 10.9. The Morgan fingerprint density at radius 1 is 1.00 bits per heavy atom. The van der Waals surface area contributed by atoms with Crippen LogP contribution in [0.15, 0.2) is 53.4 Å². The van der Waals surface area contributed by atoms with E-state index in [0.717, 1.165) is 5.56 Å². The van der Waals surface area contributed by atoms with Gasteiger partial charge in [0.1, 0.15) is 11.9 Å². The van der Waals surface area contributed by atoms with Gasteiger partial charge in [0, 0.05) is 19.2 Å². The number of sulfonamides is 1. The monoisotopic (exact) mass is 531 g/mol. The van der Waals surface area contributed by atoms with Crippen molar-refractivity contribution < 1.29 is 17.9 Å². The van der Waals surface area contributed by atoms with Crippen molar-refractivity contribution in [1.82, 2.24) is 4.98 Å². The number of hydrogen-bond donors (Lipinski definition) is 1. The van der Waals surface area contributed by atoms with Crippen molar-refractivity contribution in [3.8, 4) is 23.6 Å². The molecule has 0 amide bonds. The van der Waals surface area contributed by atoms with Crippen molar-refractivity contribution in [2.24, 2.45) is 0 Å². The molecule has 9 nitrogen and oxygen atoms in total. The molecule has 0 saturated carbocycles. The molecule has 2 aromatic carbocycles. The highest BCUT2D eigenvalue weighted by molar-refractivity contribution is 7.92. The van der Waals surface area contributed by atoms with Crippen LogP contribution in [0.3, 0.4) is 0 Å². The van der Waals surface area contributed by atoms with Crippen LogP contribution in [-0.2, 0) is 15.4 Å². The van der Waals surface area contributed by atoms with Crippen molar-refractivity contribution in [3.05, 3.63) is 70.9 Å². The average Bonchev–Trinajstić information content (AvgIpc) is 2.95. The van der Waals surface area contributed by atoms with Gasteiger partial charge in [-0.15, -0.1) is 0 Å². The van der Waals surface area contributed by atoms with Crippen molar-refractivity contribution in [2.75, 3.05) is 36.9 Å². The summed E-state index contributed by atoms with van der Waals surface area (Å²) in [5.41, 5.74) is 1.88. The molecule has 0 spiro atoms. The number of aryl methyl sites for hydroxylation is 1. The number of nitrogens with one attached hydrogen (secondary N) is 1. The maximum Gasteiger partial charge on any atom is 0.262 e. The van der Waals surface area contributed by atoms with Gasteiger partial charge in [-0.25, -0.2) is 13.4 Å². The Labute approximate surface area is 223 Å². The first kappa shape index (κ1) is 26.8. The lowest BCUT2D eigenvalue weighted by molar-refractivity contribution is 0.354. The lowest BCUT2D eigenvalue weighted by atomic mass is 9.74. The van der Waals surface area contributed by atoms with E-state index < -0.39 is 15.4 Å². The summed E-state index contributed by atoms with van der Waals surface area (Å²) in [5.74, 6) is 1.19. The van der Waals surface area contributed by atoms with E-state index in [9.17, 15) is 18.9 Å². The lowest BCUT2D eigenvalue weighted by Gasteiger charge is -2.38. The fourth-order valence-electron chi connectivity index (χ4n) is 4.85. The molecule has 0 bridgehead atoms. The van der Waals surface area contributed by atoms with Crippen LogP contribution in [0.2, 0.25) is 0 Å². The number of nitrogens with zero attached hydrogens (tertiary/aromatic N) is 4. The van der Waals surface area contributed by atoms with Gasteiger partial charge >= 0.3 is 0 Å².